The normalized spacial score (nSPS) is 21.7. The minimum absolute atomic E-state index is 0. The number of ether oxygens (including phenoxy) is 2. The van der Waals surface area contributed by atoms with Gasteiger partial charge in [-0.3, -0.25) is 24.0 Å². The average molecular weight is 1030 g/mol. The Morgan fingerprint density at radius 1 is 0.898 bits per heavy atom. The zero-order chi connectivity index (χ0) is 35.7. The number of terminal acetylenes is 2. The zero-order valence-corrected chi connectivity index (χ0v) is 43.8. The standard InChI is InChI=1S/C17H19NO3.C14H13NO3.C3H7I.CH2O3.2Cs.H/c1-5-16(21-12(4)19)14-7-6-8-15-13(14)9-10-18(11(2)3)17(15)20;1-3-13(18-9(2)16)11-5-4-6-12-10(11)7-8-15-14(12)17;1-3(2)4;2-1-4-3;;;/h1,6-11,13,15-16H,2-4H3;1,4-8,10,12-13H,2H3,(H,15,17);3H,1-2H3;1,3H;;;/q;;;;2*+1;-1/p-1. The van der Waals surface area contributed by atoms with Crippen molar-refractivity contribution in [3.05, 3.63) is 72.2 Å². The number of allylic oxidation sites excluding steroid dienone is 6. The predicted octanol–water partition coefficient (Wildman–Crippen LogP) is -2.65. The van der Waals surface area contributed by atoms with Crippen molar-refractivity contribution in [1.82, 2.24) is 10.2 Å². The maximum atomic E-state index is 12.5. The van der Waals surface area contributed by atoms with E-state index in [0.717, 1.165) is 15.1 Å². The number of nitrogens with one attached hydrogen (secondary N) is 1. The first-order chi connectivity index (χ1) is 22.2. The fourth-order valence-corrected chi connectivity index (χ4v) is 4.84. The number of rotatable bonds is 6. The van der Waals surface area contributed by atoms with Crippen LogP contribution in [0.4, 0.5) is 0 Å². The molecule has 2 aliphatic heterocycles. The van der Waals surface area contributed by atoms with E-state index in [4.69, 9.17) is 32.4 Å². The van der Waals surface area contributed by atoms with Gasteiger partial charge in [-0.15, -0.1) is 12.8 Å². The fourth-order valence-electron chi connectivity index (χ4n) is 4.84. The number of carbonyl (C=O) groups excluding carboxylic acids is 5. The van der Waals surface area contributed by atoms with Gasteiger partial charge in [-0.05, 0) is 25.0 Å². The van der Waals surface area contributed by atoms with Crippen LogP contribution in [0.25, 0.3) is 0 Å². The minimum Gasteiger partial charge on any atom is -1.00 e. The van der Waals surface area contributed by atoms with E-state index in [0.29, 0.717) is 0 Å². The fraction of sp³-hybridized carbons (Fsp3) is 0.400. The summed E-state index contributed by atoms with van der Waals surface area (Å²) in [5.74, 6) is 3.13. The molecule has 14 heteroatoms. The molecule has 49 heavy (non-hydrogen) atoms. The number of halogens is 1. The van der Waals surface area contributed by atoms with Gasteiger partial charge in [-0.25, -0.2) is 0 Å². The molecule has 6 atom stereocenters. The molecule has 11 nitrogen and oxygen atoms in total. The van der Waals surface area contributed by atoms with Gasteiger partial charge in [0.25, 0.3) is 6.47 Å². The molecule has 4 rings (SSSR count). The van der Waals surface area contributed by atoms with Crippen LogP contribution in [0.1, 0.15) is 43.0 Å². The SMILES string of the molecule is C#CC(OC(C)=O)C1=CC=CC2C(=O)N(C(C)C)C=CC12.C#CC(OC(C)=O)C1=CC=CC2C(=O)NC=CC12.CC(C)I.O=CO[O-].[Cs+].[Cs+].[H-]. The van der Waals surface area contributed by atoms with Crippen LogP contribution in [0.5, 0.6) is 0 Å². The molecule has 0 spiro atoms. The van der Waals surface area contributed by atoms with Crippen molar-refractivity contribution in [2.75, 3.05) is 0 Å². The van der Waals surface area contributed by atoms with E-state index in [1.165, 1.54) is 13.8 Å². The number of hydrogen-bond acceptors (Lipinski definition) is 9. The van der Waals surface area contributed by atoms with Gasteiger partial charge < -0.3 is 31.3 Å². The summed E-state index contributed by atoms with van der Waals surface area (Å²) in [7, 11) is 0. The van der Waals surface area contributed by atoms with Crippen molar-refractivity contribution in [3.63, 3.8) is 0 Å². The third-order valence-electron chi connectivity index (χ3n) is 6.65. The number of fused-ring (bicyclic) bond motifs is 2. The van der Waals surface area contributed by atoms with Crippen LogP contribution in [-0.4, -0.2) is 57.3 Å². The number of amides is 2. The first-order valence-electron chi connectivity index (χ1n) is 14.6. The van der Waals surface area contributed by atoms with Gasteiger partial charge in [0.2, 0.25) is 11.8 Å². The van der Waals surface area contributed by atoms with Crippen molar-refractivity contribution >= 4 is 52.8 Å². The zero-order valence-electron chi connectivity index (χ0n) is 30.1. The smallest absolute Gasteiger partial charge is 1.00 e. The number of carbonyl (C=O) groups is 5. The minimum atomic E-state index is -0.733. The van der Waals surface area contributed by atoms with Crippen molar-refractivity contribution < 1.29 is 183 Å². The molecule has 4 aliphatic rings. The molecule has 0 aromatic carbocycles. The van der Waals surface area contributed by atoms with E-state index in [9.17, 15) is 19.2 Å². The molecule has 1 N–H and O–H groups in total. The molecule has 0 aromatic heterocycles. The summed E-state index contributed by atoms with van der Waals surface area (Å²) < 4.78 is 11.0. The van der Waals surface area contributed by atoms with E-state index in [-0.39, 0.29) is 187 Å². The molecular weight excluding hydrogens is 985 g/mol. The molecule has 0 saturated carbocycles. The molecule has 0 fully saturated rings. The average Bonchev–Trinajstić information content (AvgIpc) is 3.02. The van der Waals surface area contributed by atoms with Crippen LogP contribution < -0.4 is 148 Å². The summed E-state index contributed by atoms with van der Waals surface area (Å²) in [6.45, 7) is 10.7. The third kappa shape index (κ3) is 17.4. The van der Waals surface area contributed by atoms with Gasteiger partial charge in [0.1, 0.15) is 0 Å². The van der Waals surface area contributed by atoms with Crippen molar-refractivity contribution in [2.24, 2.45) is 23.7 Å². The van der Waals surface area contributed by atoms with E-state index in [1.807, 2.05) is 44.2 Å². The van der Waals surface area contributed by atoms with Crippen LogP contribution in [0.15, 0.2) is 72.2 Å². The molecule has 2 heterocycles. The Morgan fingerprint density at radius 3 is 1.71 bits per heavy atom. The Labute approximate surface area is 422 Å². The first-order valence-corrected chi connectivity index (χ1v) is 15.9. The summed E-state index contributed by atoms with van der Waals surface area (Å²) in [5.41, 5.74) is 1.53. The largest absolute Gasteiger partial charge is 1.00 e. The van der Waals surface area contributed by atoms with E-state index >= 15 is 0 Å². The molecule has 254 valence electrons. The van der Waals surface area contributed by atoms with Crippen LogP contribution in [0.2, 0.25) is 0 Å². The Balaban J connectivity index is -0.000000697. The summed E-state index contributed by atoms with van der Waals surface area (Å²) in [4.78, 5) is 59.4. The molecule has 2 aliphatic carbocycles. The van der Waals surface area contributed by atoms with E-state index in [1.54, 1.807) is 35.5 Å². The molecule has 2 amide bonds. The second kappa shape index (κ2) is 27.3. The molecule has 0 radical (unpaired) electrons. The second-order valence-corrected chi connectivity index (χ2v) is 13.3. The van der Waals surface area contributed by atoms with Gasteiger partial charge in [0, 0.05) is 48.0 Å². The van der Waals surface area contributed by atoms with Gasteiger partial charge in [0.15, 0.2) is 12.2 Å². The maximum absolute atomic E-state index is 12.5. The topological polar surface area (TPSA) is 151 Å². The predicted molar refractivity (Wildman–Crippen MR) is 183 cm³/mol. The Hall–Kier alpha value is -0.296. The molecule has 0 saturated heterocycles. The van der Waals surface area contributed by atoms with Gasteiger partial charge >= 0.3 is 150 Å². The van der Waals surface area contributed by atoms with Crippen LogP contribution in [0, 0.1) is 48.4 Å². The van der Waals surface area contributed by atoms with Crippen molar-refractivity contribution in [1.29, 1.82) is 0 Å². The van der Waals surface area contributed by atoms with Crippen LogP contribution >= 0.6 is 22.6 Å². The van der Waals surface area contributed by atoms with Gasteiger partial charge in [0.05, 0.1) is 11.8 Å². The summed E-state index contributed by atoms with van der Waals surface area (Å²) in [6.07, 6.45) is 27.5. The molecular formula is C35H41Cs2IN2O9. The van der Waals surface area contributed by atoms with Crippen LogP contribution in [-0.2, 0) is 38.3 Å². The Bertz CT molecular complexity index is 1420. The summed E-state index contributed by atoms with van der Waals surface area (Å²) >= 11 is 2.34. The quantitative estimate of drug-likeness (QED) is 0.0573. The second-order valence-electron chi connectivity index (χ2n) is 10.8. The number of alkyl halides is 1. The van der Waals surface area contributed by atoms with Crippen molar-refractivity contribution in [3.8, 4) is 24.7 Å². The van der Waals surface area contributed by atoms with Crippen LogP contribution in [0.3, 0.4) is 0 Å². The summed E-state index contributed by atoms with van der Waals surface area (Å²) in [6, 6.07) is 0.106. The Kier molecular flexibility index (Phi) is 28.3. The molecule has 0 aromatic rings. The monoisotopic (exact) mass is 1030 g/mol. The van der Waals surface area contributed by atoms with Gasteiger partial charge in [-0.1, -0.05) is 96.9 Å². The third-order valence-corrected chi connectivity index (χ3v) is 6.65. The molecule has 0 bridgehead atoms. The number of esters is 2. The maximum Gasteiger partial charge on any atom is 1.00 e. The van der Waals surface area contributed by atoms with E-state index < -0.39 is 24.1 Å². The number of nitrogens with zero attached hydrogens (tertiary/aromatic N) is 1. The van der Waals surface area contributed by atoms with E-state index in [2.05, 4.69) is 58.5 Å². The van der Waals surface area contributed by atoms with Gasteiger partial charge in [-0.2, -0.15) is 0 Å². The molecule has 6 unspecified atom stereocenters. The first kappa shape index (κ1) is 50.8. The Morgan fingerprint density at radius 2 is 1.33 bits per heavy atom. The van der Waals surface area contributed by atoms with Crippen molar-refractivity contribution in [2.45, 2.75) is 63.7 Å². The summed E-state index contributed by atoms with van der Waals surface area (Å²) in [5, 5.41) is 11.1. The number of hydrogen-bond donors (Lipinski definition) is 1.